The van der Waals surface area contributed by atoms with Crippen LogP contribution in [0, 0.1) is 0 Å². The van der Waals surface area contributed by atoms with Gasteiger partial charge in [-0.05, 0) is 53.3 Å². The van der Waals surface area contributed by atoms with Crippen LogP contribution in [0.1, 0.15) is 22.3 Å². The fourth-order valence-electron chi connectivity index (χ4n) is 3.47. The smallest absolute Gasteiger partial charge is 0.328 e. The minimum Gasteiger partial charge on any atom is -0.467 e. The van der Waals surface area contributed by atoms with Crippen LogP contribution in [0.25, 0.3) is 22.4 Å². The third-order valence-corrected chi connectivity index (χ3v) is 5.78. The zero-order chi connectivity index (χ0) is 22.9. The van der Waals surface area contributed by atoms with Gasteiger partial charge in [0.2, 0.25) is 0 Å². The minimum absolute atomic E-state index is 0.327. The lowest BCUT2D eigenvalue weighted by Gasteiger charge is -2.18. The number of nitrogens with one attached hydrogen (secondary N) is 1. The second kappa shape index (κ2) is 11.5. The number of rotatable bonds is 9. The predicted octanol–water partition coefficient (Wildman–Crippen LogP) is 3.90. The number of nitrogens with zero attached hydrogens (tertiary/aromatic N) is 1. The van der Waals surface area contributed by atoms with Crippen molar-refractivity contribution in [2.24, 2.45) is 5.73 Å². The molecule has 0 aliphatic heterocycles. The first-order valence-electron chi connectivity index (χ1n) is 10.3. The number of aromatic nitrogens is 1. The third-order valence-electron chi connectivity index (χ3n) is 5.14. The Hall–Kier alpha value is -3.16. The first-order valence-corrected chi connectivity index (χ1v) is 11.7. The van der Waals surface area contributed by atoms with E-state index in [0.29, 0.717) is 18.5 Å². The fourth-order valence-corrected chi connectivity index (χ4v) is 3.94. The molecule has 1 heterocycles. The number of esters is 1. The van der Waals surface area contributed by atoms with E-state index < -0.39 is 12.0 Å². The van der Waals surface area contributed by atoms with Gasteiger partial charge in [-0.25, -0.2) is 4.79 Å². The zero-order valence-electron chi connectivity index (χ0n) is 18.2. The Morgan fingerprint density at radius 1 is 1.09 bits per heavy atom. The minimum atomic E-state index is -0.706. The van der Waals surface area contributed by atoms with E-state index in [1.807, 2.05) is 60.9 Å². The summed E-state index contributed by atoms with van der Waals surface area (Å²) in [6.07, 6.45) is 4.17. The summed E-state index contributed by atoms with van der Waals surface area (Å²) in [6, 6.07) is 18.3. The molecule has 7 heteroatoms. The number of amides is 1. The van der Waals surface area contributed by atoms with E-state index in [1.54, 1.807) is 24.0 Å². The van der Waals surface area contributed by atoms with Gasteiger partial charge < -0.3 is 15.8 Å². The molecule has 1 aromatic heterocycles. The maximum atomic E-state index is 13.2. The van der Waals surface area contributed by atoms with Crippen LogP contribution in [-0.4, -0.2) is 42.0 Å². The molecule has 1 atom stereocenters. The van der Waals surface area contributed by atoms with E-state index in [9.17, 15) is 9.59 Å². The van der Waals surface area contributed by atoms with Gasteiger partial charge in [0.15, 0.2) is 0 Å². The summed E-state index contributed by atoms with van der Waals surface area (Å²) < 4.78 is 4.88. The molecule has 1 amide bonds. The second-order valence-corrected chi connectivity index (χ2v) is 8.16. The normalized spacial score (nSPS) is 11.6. The van der Waals surface area contributed by atoms with Crippen LogP contribution in [0.3, 0.4) is 0 Å². The molecule has 0 fully saturated rings. The summed E-state index contributed by atoms with van der Waals surface area (Å²) in [5.74, 6) is -0.0511. The van der Waals surface area contributed by atoms with Gasteiger partial charge in [-0.3, -0.25) is 9.78 Å². The molecule has 3 rings (SSSR count). The second-order valence-electron chi connectivity index (χ2n) is 7.17. The average molecular weight is 450 g/mol. The van der Waals surface area contributed by atoms with Crippen LogP contribution in [0.4, 0.5) is 0 Å². The molecule has 1 unspecified atom stereocenters. The summed E-state index contributed by atoms with van der Waals surface area (Å²) >= 11 is 1.61. The topological polar surface area (TPSA) is 94.3 Å². The molecule has 0 spiro atoms. The van der Waals surface area contributed by atoms with Crippen molar-refractivity contribution in [1.29, 1.82) is 0 Å². The van der Waals surface area contributed by atoms with Crippen molar-refractivity contribution in [2.45, 2.75) is 19.0 Å². The number of hydrogen-bond acceptors (Lipinski definition) is 6. The highest BCUT2D eigenvalue weighted by molar-refractivity contribution is 7.98. The molecule has 0 bridgehead atoms. The molecule has 3 aromatic rings. The van der Waals surface area contributed by atoms with E-state index in [0.717, 1.165) is 33.7 Å². The Balaban J connectivity index is 2.03. The summed E-state index contributed by atoms with van der Waals surface area (Å²) in [5, 5.41) is 2.85. The van der Waals surface area contributed by atoms with Gasteiger partial charge >= 0.3 is 5.97 Å². The van der Waals surface area contributed by atoms with Gasteiger partial charge in [0.1, 0.15) is 6.04 Å². The summed E-state index contributed by atoms with van der Waals surface area (Å²) in [5.41, 5.74) is 10.6. The molecule has 0 radical (unpaired) electrons. The number of thioether (sulfide) groups is 1. The van der Waals surface area contributed by atoms with Crippen LogP contribution in [0.15, 0.2) is 66.9 Å². The summed E-state index contributed by atoms with van der Waals surface area (Å²) in [7, 11) is 1.33. The molecule has 0 aliphatic carbocycles. The number of nitrogens with two attached hydrogens (primary N) is 1. The average Bonchev–Trinajstić information content (AvgIpc) is 2.86. The third kappa shape index (κ3) is 5.55. The van der Waals surface area contributed by atoms with Gasteiger partial charge in [-0.1, -0.05) is 42.5 Å². The van der Waals surface area contributed by atoms with E-state index >= 15 is 0 Å². The zero-order valence-corrected chi connectivity index (χ0v) is 19.0. The SMILES string of the molecule is COC(=O)C(CCSC)NC(=O)c1ccc(-c2ncccc2CN)cc1-c1ccccc1. The molecule has 0 aliphatic rings. The molecule has 3 N–H and O–H groups in total. The number of ether oxygens (including phenoxy) is 1. The number of pyridine rings is 1. The van der Waals surface area contributed by atoms with Crippen molar-refractivity contribution in [3.8, 4) is 22.4 Å². The number of carbonyl (C=O) groups is 2. The Labute approximate surface area is 192 Å². The first-order chi connectivity index (χ1) is 15.6. The van der Waals surface area contributed by atoms with Crippen molar-refractivity contribution in [3.05, 3.63) is 78.0 Å². The van der Waals surface area contributed by atoms with Crippen LogP contribution in [0.2, 0.25) is 0 Å². The number of methoxy groups -OCH3 is 1. The number of hydrogen-bond donors (Lipinski definition) is 2. The quantitative estimate of drug-likeness (QED) is 0.481. The fraction of sp³-hybridized carbons (Fsp3) is 0.240. The number of benzene rings is 2. The number of carbonyl (C=O) groups excluding carboxylic acids is 2. The standard InChI is InChI=1S/C25H27N3O3S/c1-31-25(30)22(12-14-32-2)28-24(29)20-11-10-18(23-19(16-26)9-6-13-27-23)15-21(20)17-7-4-3-5-8-17/h3-11,13,15,22H,12,14,16,26H2,1-2H3,(H,28,29). The molecular weight excluding hydrogens is 422 g/mol. The van der Waals surface area contributed by atoms with Gasteiger partial charge in [0.25, 0.3) is 5.91 Å². The highest BCUT2D eigenvalue weighted by atomic mass is 32.2. The van der Waals surface area contributed by atoms with Crippen LogP contribution in [-0.2, 0) is 16.1 Å². The Kier molecular flexibility index (Phi) is 8.41. The first kappa shape index (κ1) is 23.5. The Morgan fingerprint density at radius 2 is 1.88 bits per heavy atom. The molecule has 166 valence electrons. The molecule has 0 saturated carbocycles. The lowest BCUT2D eigenvalue weighted by molar-refractivity contribution is -0.142. The van der Waals surface area contributed by atoms with Gasteiger partial charge in [-0.2, -0.15) is 11.8 Å². The largest absolute Gasteiger partial charge is 0.467 e. The summed E-state index contributed by atoms with van der Waals surface area (Å²) in [4.78, 5) is 29.9. The van der Waals surface area contributed by atoms with E-state index in [-0.39, 0.29) is 5.91 Å². The maximum absolute atomic E-state index is 13.2. The molecular formula is C25H27N3O3S. The van der Waals surface area contributed by atoms with Gasteiger partial charge in [-0.15, -0.1) is 0 Å². The van der Waals surface area contributed by atoms with E-state index in [2.05, 4.69) is 10.3 Å². The summed E-state index contributed by atoms with van der Waals surface area (Å²) in [6.45, 7) is 0.363. The lowest BCUT2D eigenvalue weighted by atomic mass is 9.94. The molecule has 6 nitrogen and oxygen atoms in total. The maximum Gasteiger partial charge on any atom is 0.328 e. The van der Waals surface area contributed by atoms with E-state index in [1.165, 1.54) is 7.11 Å². The molecule has 2 aromatic carbocycles. The van der Waals surface area contributed by atoms with Crippen molar-refractivity contribution in [2.75, 3.05) is 19.1 Å². The van der Waals surface area contributed by atoms with Crippen LogP contribution < -0.4 is 11.1 Å². The predicted molar refractivity (Wildman–Crippen MR) is 129 cm³/mol. The molecule has 0 saturated heterocycles. The van der Waals surface area contributed by atoms with Crippen molar-refractivity contribution >= 4 is 23.6 Å². The highest BCUT2D eigenvalue weighted by Gasteiger charge is 2.23. The Bertz CT molecular complexity index is 1070. The Morgan fingerprint density at radius 3 is 2.56 bits per heavy atom. The van der Waals surface area contributed by atoms with Gasteiger partial charge in [0.05, 0.1) is 12.8 Å². The molecule has 32 heavy (non-hydrogen) atoms. The van der Waals surface area contributed by atoms with Gasteiger partial charge in [0, 0.05) is 23.9 Å². The monoisotopic (exact) mass is 449 g/mol. The van der Waals surface area contributed by atoms with E-state index in [4.69, 9.17) is 10.5 Å². The van der Waals surface area contributed by atoms with Crippen LogP contribution >= 0.6 is 11.8 Å². The highest BCUT2D eigenvalue weighted by Crippen LogP contribution is 2.30. The van der Waals surface area contributed by atoms with Crippen molar-refractivity contribution in [3.63, 3.8) is 0 Å². The van der Waals surface area contributed by atoms with Crippen molar-refractivity contribution in [1.82, 2.24) is 10.3 Å². The van der Waals surface area contributed by atoms with Crippen molar-refractivity contribution < 1.29 is 14.3 Å². The van der Waals surface area contributed by atoms with Crippen LogP contribution in [0.5, 0.6) is 0 Å². The lowest BCUT2D eigenvalue weighted by Crippen LogP contribution is -2.42.